The molecule has 1 aromatic carbocycles. The van der Waals surface area contributed by atoms with Gasteiger partial charge < -0.3 is 15.2 Å². The molecule has 0 saturated heterocycles. The smallest absolute Gasteiger partial charge is 0.123 e. The number of benzene rings is 1. The van der Waals surface area contributed by atoms with E-state index in [-0.39, 0.29) is 6.04 Å². The van der Waals surface area contributed by atoms with Gasteiger partial charge in [-0.05, 0) is 37.0 Å². The van der Waals surface area contributed by atoms with E-state index < -0.39 is 0 Å². The molecule has 0 fully saturated rings. The summed E-state index contributed by atoms with van der Waals surface area (Å²) >= 11 is 0. The number of nitrogens with two attached hydrogens (primary N) is 1. The topological polar surface area (TPSA) is 44.5 Å². The number of hydrogen-bond donors (Lipinski definition) is 1. The fourth-order valence-corrected chi connectivity index (χ4v) is 1.80. The van der Waals surface area contributed by atoms with Gasteiger partial charge in [0.1, 0.15) is 11.5 Å². The predicted molar refractivity (Wildman–Crippen MR) is 70.5 cm³/mol. The van der Waals surface area contributed by atoms with Crippen molar-refractivity contribution in [2.24, 2.45) is 11.7 Å². The Labute approximate surface area is 104 Å². The summed E-state index contributed by atoms with van der Waals surface area (Å²) in [6.45, 7) is 4.41. The van der Waals surface area contributed by atoms with Crippen LogP contribution >= 0.6 is 0 Å². The van der Waals surface area contributed by atoms with Crippen molar-refractivity contribution in [1.29, 1.82) is 0 Å². The van der Waals surface area contributed by atoms with Crippen LogP contribution < -0.4 is 15.2 Å². The summed E-state index contributed by atoms with van der Waals surface area (Å²) in [7, 11) is 3.33. The van der Waals surface area contributed by atoms with Crippen molar-refractivity contribution in [3.05, 3.63) is 23.8 Å². The summed E-state index contributed by atoms with van der Waals surface area (Å²) in [5.41, 5.74) is 7.23. The predicted octanol–water partition coefficient (Wildman–Crippen LogP) is 3.14. The van der Waals surface area contributed by atoms with Gasteiger partial charge in [0, 0.05) is 11.6 Å². The van der Waals surface area contributed by atoms with E-state index in [0.29, 0.717) is 5.92 Å². The lowest BCUT2D eigenvalue weighted by Crippen LogP contribution is -2.12. The Morgan fingerprint density at radius 2 is 1.82 bits per heavy atom. The van der Waals surface area contributed by atoms with Gasteiger partial charge in [-0.25, -0.2) is 0 Å². The van der Waals surface area contributed by atoms with Crippen LogP contribution in [0, 0.1) is 5.92 Å². The third-order valence-corrected chi connectivity index (χ3v) is 2.89. The Morgan fingerprint density at radius 3 is 2.35 bits per heavy atom. The first-order valence-electron chi connectivity index (χ1n) is 6.06. The van der Waals surface area contributed by atoms with E-state index >= 15 is 0 Å². The lowest BCUT2D eigenvalue weighted by molar-refractivity contribution is 0.391. The Hall–Kier alpha value is -1.22. The van der Waals surface area contributed by atoms with Crippen LogP contribution in [0.5, 0.6) is 11.5 Å². The third kappa shape index (κ3) is 3.93. The molecule has 2 N–H and O–H groups in total. The van der Waals surface area contributed by atoms with Crippen LogP contribution in [0.3, 0.4) is 0 Å². The zero-order chi connectivity index (χ0) is 12.8. The summed E-state index contributed by atoms with van der Waals surface area (Å²) in [6.07, 6.45) is 2.07. The third-order valence-electron chi connectivity index (χ3n) is 2.89. The first-order chi connectivity index (χ1) is 8.08. The van der Waals surface area contributed by atoms with Crippen molar-refractivity contribution in [3.63, 3.8) is 0 Å². The van der Waals surface area contributed by atoms with E-state index in [1.807, 2.05) is 18.2 Å². The number of methoxy groups -OCH3 is 2. The van der Waals surface area contributed by atoms with Crippen LogP contribution in [-0.2, 0) is 0 Å². The van der Waals surface area contributed by atoms with Gasteiger partial charge in [0.15, 0.2) is 0 Å². The monoisotopic (exact) mass is 237 g/mol. The second-order valence-corrected chi connectivity index (χ2v) is 4.69. The minimum atomic E-state index is 0.00227. The maximum atomic E-state index is 6.21. The molecule has 0 aliphatic rings. The van der Waals surface area contributed by atoms with E-state index in [1.54, 1.807) is 14.2 Å². The molecule has 96 valence electrons. The normalized spacial score (nSPS) is 12.6. The van der Waals surface area contributed by atoms with Gasteiger partial charge in [-0.1, -0.05) is 13.8 Å². The minimum Gasteiger partial charge on any atom is -0.497 e. The second-order valence-electron chi connectivity index (χ2n) is 4.69. The molecule has 0 saturated carbocycles. The van der Waals surface area contributed by atoms with Gasteiger partial charge in [-0.3, -0.25) is 0 Å². The van der Waals surface area contributed by atoms with E-state index in [0.717, 1.165) is 29.9 Å². The standard InChI is InChI=1S/C14H23NO2/c1-10(2)5-7-13(15)12-9-11(16-3)6-8-14(12)17-4/h6,8-10,13H,5,7,15H2,1-4H3/t13-/m0/s1. The first kappa shape index (κ1) is 13.8. The molecule has 0 unspecified atom stereocenters. The van der Waals surface area contributed by atoms with Crippen molar-refractivity contribution >= 4 is 0 Å². The molecule has 0 bridgehead atoms. The SMILES string of the molecule is COc1ccc(OC)c([C@@H](N)CCC(C)C)c1. The lowest BCUT2D eigenvalue weighted by Gasteiger charge is -2.17. The molecule has 0 aromatic heterocycles. The van der Waals surface area contributed by atoms with Crippen molar-refractivity contribution < 1.29 is 9.47 Å². The summed E-state index contributed by atoms with van der Waals surface area (Å²) in [5, 5.41) is 0. The minimum absolute atomic E-state index is 0.00227. The quantitative estimate of drug-likeness (QED) is 0.826. The van der Waals surface area contributed by atoms with E-state index in [4.69, 9.17) is 15.2 Å². The van der Waals surface area contributed by atoms with E-state index in [1.165, 1.54) is 0 Å². The van der Waals surface area contributed by atoms with Crippen LogP contribution in [-0.4, -0.2) is 14.2 Å². The molecule has 1 atom stereocenters. The largest absolute Gasteiger partial charge is 0.497 e. The van der Waals surface area contributed by atoms with Gasteiger partial charge in [0.2, 0.25) is 0 Å². The average molecular weight is 237 g/mol. The fourth-order valence-electron chi connectivity index (χ4n) is 1.80. The summed E-state index contributed by atoms with van der Waals surface area (Å²) < 4.78 is 10.6. The summed E-state index contributed by atoms with van der Waals surface area (Å²) in [5.74, 6) is 2.32. The molecule has 0 spiro atoms. The van der Waals surface area contributed by atoms with Crippen LogP contribution in [0.25, 0.3) is 0 Å². The highest BCUT2D eigenvalue weighted by Gasteiger charge is 2.13. The Bertz CT molecular complexity index is 350. The zero-order valence-electron chi connectivity index (χ0n) is 11.2. The molecule has 0 heterocycles. The Kier molecular flexibility index (Phi) is 5.29. The summed E-state index contributed by atoms with van der Waals surface area (Å²) in [4.78, 5) is 0. The van der Waals surface area contributed by atoms with Crippen molar-refractivity contribution in [3.8, 4) is 11.5 Å². The van der Waals surface area contributed by atoms with Gasteiger partial charge >= 0.3 is 0 Å². The first-order valence-corrected chi connectivity index (χ1v) is 6.06. The van der Waals surface area contributed by atoms with Crippen LogP contribution in [0.15, 0.2) is 18.2 Å². The highest BCUT2D eigenvalue weighted by atomic mass is 16.5. The van der Waals surface area contributed by atoms with Crippen molar-refractivity contribution in [2.45, 2.75) is 32.7 Å². The highest BCUT2D eigenvalue weighted by molar-refractivity contribution is 5.42. The number of ether oxygens (including phenoxy) is 2. The molecule has 17 heavy (non-hydrogen) atoms. The molecule has 3 nitrogen and oxygen atoms in total. The average Bonchev–Trinajstić information content (AvgIpc) is 2.34. The van der Waals surface area contributed by atoms with Gasteiger partial charge in [0.05, 0.1) is 14.2 Å². The van der Waals surface area contributed by atoms with Crippen LogP contribution in [0.1, 0.15) is 38.3 Å². The lowest BCUT2D eigenvalue weighted by atomic mass is 9.97. The maximum Gasteiger partial charge on any atom is 0.123 e. The number of hydrogen-bond acceptors (Lipinski definition) is 3. The Balaban J connectivity index is 2.85. The second kappa shape index (κ2) is 6.50. The molecule has 1 aromatic rings. The van der Waals surface area contributed by atoms with Gasteiger partial charge in [-0.2, -0.15) is 0 Å². The molecule has 0 amide bonds. The van der Waals surface area contributed by atoms with E-state index in [9.17, 15) is 0 Å². The Morgan fingerprint density at radius 1 is 1.12 bits per heavy atom. The molecule has 0 radical (unpaired) electrons. The maximum absolute atomic E-state index is 6.21. The van der Waals surface area contributed by atoms with Crippen molar-refractivity contribution in [1.82, 2.24) is 0 Å². The van der Waals surface area contributed by atoms with Crippen LogP contribution in [0.2, 0.25) is 0 Å². The van der Waals surface area contributed by atoms with E-state index in [2.05, 4.69) is 13.8 Å². The summed E-state index contributed by atoms with van der Waals surface area (Å²) in [6, 6.07) is 5.76. The molecule has 0 aliphatic carbocycles. The van der Waals surface area contributed by atoms with Crippen molar-refractivity contribution in [2.75, 3.05) is 14.2 Å². The molecular weight excluding hydrogens is 214 g/mol. The molecule has 3 heteroatoms. The fraction of sp³-hybridized carbons (Fsp3) is 0.571. The highest BCUT2D eigenvalue weighted by Crippen LogP contribution is 2.30. The number of rotatable bonds is 6. The molecule has 1 rings (SSSR count). The van der Waals surface area contributed by atoms with Crippen LogP contribution in [0.4, 0.5) is 0 Å². The van der Waals surface area contributed by atoms with Gasteiger partial charge in [0.25, 0.3) is 0 Å². The molecular formula is C14H23NO2. The molecule has 0 aliphatic heterocycles. The zero-order valence-corrected chi connectivity index (χ0v) is 11.2. The van der Waals surface area contributed by atoms with Gasteiger partial charge in [-0.15, -0.1) is 0 Å².